The van der Waals surface area contributed by atoms with E-state index in [0.29, 0.717) is 23.3 Å². The van der Waals surface area contributed by atoms with Crippen molar-refractivity contribution in [3.63, 3.8) is 0 Å². The molecule has 2 aliphatic heterocycles. The number of hydrogen-bond acceptors (Lipinski definition) is 5. The summed E-state index contributed by atoms with van der Waals surface area (Å²) in [5.41, 5.74) is 3.56. The van der Waals surface area contributed by atoms with Crippen LogP contribution in [0.1, 0.15) is 54.2 Å². The highest BCUT2D eigenvalue weighted by Crippen LogP contribution is 2.32. The van der Waals surface area contributed by atoms with Gasteiger partial charge in [-0.05, 0) is 32.3 Å². The molecular weight excluding hydrogens is 424 g/mol. The van der Waals surface area contributed by atoms with E-state index in [2.05, 4.69) is 0 Å². The molecule has 2 aromatic heterocycles. The SMILES string of the molecule is Cc1nn([C@@H]2CCS(=O)(=O)C2)c2nc(-c3ccccc3)cc(C(=O)N3CCCCCC3)c12. The van der Waals surface area contributed by atoms with Crippen LogP contribution in [-0.4, -0.2) is 58.6 Å². The number of amides is 1. The molecule has 7 nitrogen and oxygen atoms in total. The number of pyridine rings is 1. The van der Waals surface area contributed by atoms with E-state index in [1.165, 1.54) is 0 Å². The van der Waals surface area contributed by atoms with Gasteiger partial charge in [-0.1, -0.05) is 43.2 Å². The molecule has 0 bridgehead atoms. The number of benzene rings is 1. The van der Waals surface area contributed by atoms with Crippen LogP contribution in [0.2, 0.25) is 0 Å². The van der Waals surface area contributed by atoms with Crippen LogP contribution in [0.15, 0.2) is 36.4 Å². The number of nitrogens with zero attached hydrogens (tertiary/aromatic N) is 4. The largest absolute Gasteiger partial charge is 0.339 e. The van der Waals surface area contributed by atoms with E-state index in [-0.39, 0.29) is 23.5 Å². The van der Waals surface area contributed by atoms with Crippen molar-refractivity contribution in [3.05, 3.63) is 47.7 Å². The molecule has 5 rings (SSSR count). The van der Waals surface area contributed by atoms with Crippen molar-refractivity contribution in [3.8, 4) is 11.3 Å². The van der Waals surface area contributed by atoms with Gasteiger partial charge in [-0.2, -0.15) is 5.10 Å². The van der Waals surface area contributed by atoms with Crippen molar-refractivity contribution >= 4 is 26.8 Å². The Hall–Kier alpha value is -2.74. The van der Waals surface area contributed by atoms with Gasteiger partial charge in [0.1, 0.15) is 0 Å². The van der Waals surface area contributed by atoms with Crippen LogP contribution >= 0.6 is 0 Å². The molecule has 0 saturated carbocycles. The quantitative estimate of drug-likeness (QED) is 0.604. The Morgan fingerprint density at radius 2 is 1.78 bits per heavy atom. The Morgan fingerprint density at radius 1 is 1.06 bits per heavy atom. The fourth-order valence-corrected chi connectivity index (χ4v) is 6.60. The van der Waals surface area contributed by atoms with Crippen LogP contribution in [0.5, 0.6) is 0 Å². The third-order valence-corrected chi connectivity index (χ3v) is 8.33. The summed E-state index contributed by atoms with van der Waals surface area (Å²) < 4.78 is 26.0. The van der Waals surface area contributed by atoms with Crippen molar-refractivity contribution in [2.75, 3.05) is 24.6 Å². The molecule has 32 heavy (non-hydrogen) atoms. The summed E-state index contributed by atoms with van der Waals surface area (Å²) in [4.78, 5) is 20.6. The third-order valence-electron chi connectivity index (χ3n) is 6.58. The first kappa shape index (κ1) is 21.1. The molecule has 1 amide bonds. The van der Waals surface area contributed by atoms with Gasteiger partial charge in [-0.15, -0.1) is 0 Å². The second kappa shape index (κ2) is 8.31. The predicted octanol–water partition coefficient (Wildman–Crippen LogP) is 3.78. The van der Waals surface area contributed by atoms with Crippen LogP contribution in [0.4, 0.5) is 0 Å². The zero-order chi connectivity index (χ0) is 22.3. The van der Waals surface area contributed by atoms with Crippen LogP contribution < -0.4 is 0 Å². The van der Waals surface area contributed by atoms with Gasteiger partial charge in [0.15, 0.2) is 15.5 Å². The molecular formula is C24H28N4O3S. The fourth-order valence-electron chi connectivity index (χ4n) is 4.91. The summed E-state index contributed by atoms with van der Waals surface area (Å²) in [6, 6.07) is 11.4. The predicted molar refractivity (Wildman–Crippen MR) is 124 cm³/mol. The molecule has 0 spiro atoms. The lowest BCUT2D eigenvalue weighted by molar-refractivity contribution is 0.0763. The molecule has 2 fully saturated rings. The minimum atomic E-state index is -3.08. The first-order chi connectivity index (χ1) is 15.4. The summed E-state index contributed by atoms with van der Waals surface area (Å²) in [6.45, 7) is 3.40. The average molecular weight is 453 g/mol. The summed E-state index contributed by atoms with van der Waals surface area (Å²) in [5.74, 6) is 0.240. The lowest BCUT2D eigenvalue weighted by atomic mass is 10.0. The highest BCUT2D eigenvalue weighted by molar-refractivity contribution is 7.91. The number of carbonyl (C=O) groups excluding carboxylic acids is 1. The average Bonchev–Trinajstić information content (AvgIpc) is 3.18. The van der Waals surface area contributed by atoms with Crippen LogP contribution in [0.25, 0.3) is 22.3 Å². The van der Waals surface area contributed by atoms with E-state index in [0.717, 1.165) is 55.4 Å². The number of hydrogen-bond donors (Lipinski definition) is 0. The molecule has 2 aliphatic rings. The van der Waals surface area contributed by atoms with Crippen LogP contribution in [0.3, 0.4) is 0 Å². The molecule has 4 heterocycles. The summed E-state index contributed by atoms with van der Waals surface area (Å²) in [6.07, 6.45) is 4.86. The Kier molecular flexibility index (Phi) is 5.49. The first-order valence-corrected chi connectivity index (χ1v) is 13.2. The topological polar surface area (TPSA) is 85.2 Å². The maximum atomic E-state index is 13.7. The first-order valence-electron chi connectivity index (χ1n) is 11.4. The Labute approximate surface area is 188 Å². The molecule has 168 valence electrons. The van der Waals surface area contributed by atoms with E-state index in [1.807, 2.05) is 48.2 Å². The smallest absolute Gasteiger partial charge is 0.254 e. The Morgan fingerprint density at radius 3 is 2.44 bits per heavy atom. The molecule has 0 unspecified atom stereocenters. The van der Waals surface area contributed by atoms with Crippen molar-refractivity contribution < 1.29 is 13.2 Å². The number of sulfone groups is 1. The minimum absolute atomic E-state index is 0.0122. The molecule has 3 aromatic rings. The summed E-state index contributed by atoms with van der Waals surface area (Å²) >= 11 is 0. The van der Waals surface area contributed by atoms with Crippen molar-refractivity contribution in [1.29, 1.82) is 0 Å². The summed E-state index contributed by atoms with van der Waals surface area (Å²) in [5, 5.41) is 5.44. The summed E-state index contributed by atoms with van der Waals surface area (Å²) in [7, 11) is -3.08. The standard InChI is InChI=1S/C24H28N4O3S/c1-17-22-20(24(29)27-12-7-2-3-8-13-27)15-21(18-9-5-4-6-10-18)25-23(22)28(26-17)19-11-14-32(30,31)16-19/h4-6,9-10,15,19H,2-3,7-8,11-14,16H2,1H3/t19-/m1/s1. The fraction of sp³-hybridized carbons (Fsp3) is 0.458. The minimum Gasteiger partial charge on any atom is -0.339 e. The lowest BCUT2D eigenvalue weighted by Crippen LogP contribution is -2.32. The van der Waals surface area contributed by atoms with Gasteiger partial charge in [-0.25, -0.2) is 18.1 Å². The third kappa shape index (κ3) is 3.92. The van der Waals surface area contributed by atoms with Crippen LogP contribution in [0, 0.1) is 6.92 Å². The van der Waals surface area contributed by atoms with Gasteiger partial charge in [0.2, 0.25) is 0 Å². The van der Waals surface area contributed by atoms with E-state index in [9.17, 15) is 13.2 Å². The normalized spacial score (nSPS) is 21.0. The van der Waals surface area contributed by atoms with Gasteiger partial charge in [0.25, 0.3) is 5.91 Å². The number of likely N-dealkylation sites (tertiary alicyclic amines) is 1. The van der Waals surface area contributed by atoms with Gasteiger partial charge in [0, 0.05) is 18.7 Å². The van der Waals surface area contributed by atoms with E-state index in [1.54, 1.807) is 4.68 Å². The zero-order valence-corrected chi connectivity index (χ0v) is 19.1. The molecule has 1 aromatic carbocycles. The number of aromatic nitrogens is 3. The molecule has 0 aliphatic carbocycles. The van der Waals surface area contributed by atoms with Gasteiger partial charge >= 0.3 is 0 Å². The van der Waals surface area contributed by atoms with E-state index < -0.39 is 9.84 Å². The van der Waals surface area contributed by atoms with Crippen LogP contribution in [-0.2, 0) is 9.84 Å². The highest BCUT2D eigenvalue weighted by Gasteiger charge is 2.33. The molecule has 0 radical (unpaired) electrons. The molecule has 2 saturated heterocycles. The molecule has 1 atom stereocenters. The number of fused-ring (bicyclic) bond motifs is 1. The zero-order valence-electron chi connectivity index (χ0n) is 18.3. The van der Waals surface area contributed by atoms with Crippen molar-refractivity contribution in [2.24, 2.45) is 0 Å². The van der Waals surface area contributed by atoms with Gasteiger partial charge < -0.3 is 4.90 Å². The van der Waals surface area contributed by atoms with Gasteiger partial charge in [0.05, 0.1) is 39.9 Å². The molecule has 8 heteroatoms. The van der Waals surface area contributed by atoms with E-state index in [4.69, 9.17) is 10.1 Å². The second-order valence-electron chi connectivity index (χ2n) is 8.91. The number of aryl methyl sites for hydroxylation is 1. The highest BCUT2D eigenvalue weighted by atomic mass is 32.2. The number of carbonyl (C=O) groups is 1. The maximum Gasteiger partial charge on any atom is 0.254 e. The maximum absolute atomic E-state index is 13.7. The second-order valence-corrected chi connectivity index (χ2v) is 11.1. The lowest BCUT2D eigenvalue weighted by Gasteiger charge is -2.21. The van der Waals surface area contributed by atoms with E-state index >= 15 is 0 Å². The number of rotatable bonds is 3. The van der Waals surface area contributed by atoms with Crippen molar-refractivity contribution in [1.82, 2.24) is 19.7 Å². The van der Waals surface area contributed by atoms with Crippen molar-refractivity contribution in [2.45, 2.75) is 45.1 Å². The Balaban J connectivity index is 1.69. The molecule has 0 N–H and O–H groups in total. The Bertz CT molecular complexity index is 1260. The monoisotopic (exact) mass is 452 g/mol. The van der Waals surface area contributed by atoms with Gasteiger partial charge in [-0.3, -0.25) is 4.79 Å².